The SMILES string of the molecule is COc1cc2c(cc1OC)-c1c(Br)nc(N=Cc3ccc(F)cc3)n1CC2. The predicted molar refractivity (Wildman–Crippen MR) is 106 cm³/mol. The summed E-state index contributed by atoms with van der Waals surface area (Å²) in [5.74, 6) is 1.72. The van der Waals surface area contributed by atoms with Gasteiger partial charge in [0.25, 0.3) is 0 Å². The zero-order chi connectivity index (χ0) is 19.0. The van der Waals surface area contributed by atoms with Crippen LogP contribution in [0.2, 0.25) is 0 Å². The molecule has 0 spiro atoms. The van der Waals surface area contributed by atoms with Crippen molar-refractivity contribution in [2.75, 3.05) is 14.2 Å². The highest BCUT2D eigenvalue weighted by atomic mass is 79.9. The molecule has 1 aliphatic heterocycles. The van der Waals surface area contributed by atoms with Crippen LogP contribution in [0.1, 0.15) is 11.1 Å². The number of fused-ring (bicyclic) bond motifs is 3. The molecule has 0 aliphatic carbocycles. The van der Waals surface area contributed by atoms with E-state index in [0.29, 0.717) is 11.7 Å². The summed E-state index contributed by atoms with van der Waals surface area (Å²) >= 11 is 3.56. The average molecular weight is 430 g/mol. The van der Waals surface area contributed by atoms with E-state index < -0.39 is 0 Å². The van der Waals surface area contributed by atoms with Crippen molar-refractivity contribution in [2.24, 2.45) is 4.99 Å². The monoisotopic (exact) mass is 429 g/mol. The molecule has 0 atom stereocenters. The molecule has 3 aromatic rings. The number of halogens is 2. The molecule has 0 N–H and O–H groups in total. The van der Waals surface area contributed by atoms with E-state index in [0.717, 1.165) is 40.1 Å². The lowest BCUT2D eigenvalue weighted by molar-refractivity contribution is 0.354. The molecule has 1 aromatic heterocycles. The number of methoxy groups -OCH3 is 2. The lowest BCUT2D eigenvalue weighted by Gasteiger charge is -2.21. The van der Waals surface area contributed by atoms with Gasteiger partial charge in [0.15, 0.2) is 11.5 Å². The van der Waals surface area contributed by atoms with Crippen molar-refractivity contribution in [3.05, 3.63) is 57.9 Å². The molecular formula is C20H17BrFN3O2. The minimum Gasteiger partial charge on any atom is -0.493 e. The average Bonchev–Trinajstić information content (AvgIpc) is 3.02. The number of aryl methyl sites for hydroxylation is 1. The van der Waals surface area contributed by atoms with Gasteiger partial charge >= 0.3 is 0 Å². The fourth-order valence-electron chi connectivity index (χ4n) is 3.24. The fraction of sp³-hybridized carbons (Fsp3) is 0.200. The summed E-state index contributed by atoms with van der Waals surface area (Å²) in [6, 6.07) is 10.2. The molecule has 0 radical (unpaired) electrons. The van der Waals surface area contributed by atoms with Gasteiger partial charge in [-0.3, -0.25) is 0 Å². The Morgan fingerprint density at radius 2 is 1.85 bits per heavy atom. The highest BCUT2D eigenvalue weighted by molar-refractivity contribution is 9.10. The van der Waals surface area contributed by atoms with Crippen molar-refractivity contribution in [3.8, 4) is 22.8 Å². The summed E-state index contributed by atoms with van der Waals surface area (Å²) in [7, 11) is 3.26. The van der Waals surface area contributed by atoms with Gasteiger partial charge in [0.2, 0.25) is 5.95 Å². The van der Waals surface area contributed by atoms with E-state index in [-0.39, 0.29) is 5.82 Å². The molecular weight excluding hydrogens is 413 g/mol. The number of hydrogen-bond acceptors (Lipinski definition) is 4. The highest BCUT2D eigenvalue weighted by Gasteiger charge is 2.25. The van der Waals surface area contributed by atoms with Crippen LogP contribution in [0.5, 0.6) is 11.5 Å². The lowest BCUT2D eigenvalue weighted by atomic mass is 9.98. The molecule has 27 heavy (non-hydrogen) atoms. The summed E-state index contributed by atoms with van der Waals surface area (Å²) in [4.78, 5) is 9.07. The Hall–Kier alpha value is -2.67. The fourth-order valence-corrected chi connectivity index (χ4v) is 3.83. The van der Waals surface area contributed by atoms with Crippen LogP contribution < -0.4 is 9.47 Å². The van der Waals surface area contributed by atoms with E-state index in [4.69, 9.17) is 9.47 Å². The van der Waals surface area contributed by atoms with E-state index in [1.54, 1.807) is 32.6 Å². The van der Waals surface area contributed by atoms with Crippen LogP contribution in [0.4, 0.5) is 10.3 Å². The van der Waals surface area contributed by atoms with Crippen LogP contribution in [-0.4, -0.2) is 30.0 Å². The van der Waals surface area contributed by atoms with Gasteiger partial charge < -0.3 is 14.0 Å². The number of imidazole rings is 1. The van der Waals surface area contributed by atoms with Crippen molar-refractivity contribution in [1.29, 1.82) is 0 Å². The van der Waals surface area contributed by atoms with Crippen LogP contribution in [0, 0.1) is 5.82 Å². The number of rotatable bonds is 4. The smallest absolute Gasteiger partial charge is 0.231 e. The van der Waals surface area contributed by atoms with Crippen LogP contribution in [-0.2, 0) is 13.0 Å². The minimum absolute atomic E-state index is 0.269. The summed E-state index contributed by atoms with van der Waals surface area (Å²) in [5.41, 5.74) is 3.99. The zero-order valence-electron chi connectivity index (χ0n) is 14.9. The molecule has 4 rings (SSSR count). The largest absolute Gasteiger partial charge is 0.493 e. The topological polar surface area (TPSA) is 48.6 Å². The van der Waals surface area contributed by atoms with Crippen molar-refractivity contribution < 1.29 is 13.9 Å². The van der Waals surface area contributed by atoms with E-state index >= 15 is 0 Å². The number of ether oxygens (including phenoxy) is 2. The third-order valence-corrected chi connectivity index (χ3v) is 5.13. The second-order valence-electron chi connectivity index (χ2n) is 6.13. The van der Waals surface area contributed by atoms with E-state index in [9.17, 15) is 4.39 Å². The maximum Gasteiger partial charge on any atom is 0.231 e. The molecule has 0 amide bonds. The van der Waals surface area contributed by atoms with E-state index in [1.165, 1.54) is 17.7 Å². The van der Waals surface area contributed by atoms with Gasteiger partial charge in [-0.05, 0) is 57.7 Å². The zero-order valence-corrected chi connectivity index (χ0v) is 16.5. The third-order valence-electron chi connectivity index (χ3n) is 4.57. The molecule has 0 saturated heterocycles. The van der Waals surface area contributed by atoms with Crippen molar-refractivity contribution in [1.82, 2.24) is 9.55 Å². The Morgan fingerprint density at radius 1 is 1.15 bits per heavy atom. The molecule has 7 heteroatoms. The normalized spacial score (nSPS) is 12.7. The molecule has 138 valence electrons. The van der Waals surface area contributed by atoms with Crippen LogP contribution in [0.25, 0.3) is 11.3 Å². The maximum atomic E-state index is 13.0. The molecule has 0 saturated carbocycles. The number of nitrogens with zero attached hydrogens (tertiary/aromatic N) is 3. The molecule has 0 unspecified atom stereocenters. The molecule has 0 bridgehead atoms. The summed E-state index contributed by atoms with van der Waals surface area (Å²) < 4.78 is 26.7. The standard InChI is InChI=1S/C20H17BrFN3O2/c1-26-16-9-13-7-8-25-18(15(13)10-17(16)27-2)19(21)24-20(25)23-11-12-3-5-14(22)6-4-12/h3-6,9-11H,7-8H2,1-2H3. The first-order valence-corrected chi connectivity index (χ1v) is 9.21. The Bertz CT molecular complexity index is 1030. The Labute approximate surface area is 164 Å². The first-order valence-electron chi connectivity index (χ1n) is 8.41. The number of aromatic nitrogens is 2. The van der Waals surface area contributed by atoms with Gasteiger partial charge in [0.05, 0.1) is 19.9 Å². The van der Waals surface area contributed by atoms with E-state index in [1.807, 2.05) is 12.1 Å². The van der Waals surface area contributed by atoms with Gasteiger partial charge in [-0.15, -0.1) is 0 Å². The minimum atomic E-state index is -0.269. The number of benzene rings is 2. The van der Waals surface area contributed by atoms with Gasteiger partial charge in [-0.25, -0.2) is 14.4 Å². The molecule has 2 aromatic carbocycles. The van der Waals surface area contributed by atoms with Crippen LogP contribution >= 0.6 is 15.9 Å². The molecule has 0 fully saturated rings. The lowest BCUT2D eigenvalue weighted by Crippen LogP contribution is -2.11. The van der Waals surface area contributed by atoms with Crippen LogP contribution in [0.3, 0.4) is 0 Å². The third kappa shape index (κ3) is 3.23. The molecule has 1 aliphatic rings. The summed E-state index contributed by atoms with van der Waals surface area (Å²) in [5, 5.41) is 0. The quantitative estimate of drug-likeness (QED) is 0.560. The molecule has 2 heterocycles. The van der Waals surface area contributed by atoms with Gasteiger partial charge in [-0.2, -0.15) is 0 Å². The predicted octanol–water partition coefficient (Wildman–Crippen LogP) is 4.78. The van der Waals surface area contributed by atoms with Crippen molar-refractivity contribution >= 4 is 28.1 Å². The van der Waals surface area contributed by atoms with Crippen molar-refractivity contribution in [2.45, 2.75) is 13.0 Å². The summed E-state index contributed by atoms with van der Waals surface area (Å²) in [6.45, 7) is 0.756. The van der Waals surface area contributed by atoms with Gasteiger partial charge in [0, 0.05) is 18.3 Å². The summed E-state index contributed by atoms with van der Waals surface area (Å²) in [6.07, 6.45) is 2.52. The second kappa shape index (κ2) is 7.15. The van der Waals surface area contributed by atoms with E-state index in [2.05, 4.69) is 30.5 Å². The first kappa shape index (κ1) is 17.7. The van der Waals surface area contributed by atoms with Crippen molar-refractivity contribution in [3.63, 3.8) is 0 Å². The Balaban J connectivity index is 1.76. The first-order chi connectivity index (χ1) is 13.1. The second-order valence-corrected chi connectivity index (χ2v) is 6.88. The maximum absolute atomic E-state index is 13.0. The number of hydrogen-bond donors (Lipinski definition) is 0. The van der Waals surface area contributed by atoms with Crippen LogP contribution in [0.15, 0.2) is 46.0 Å². The number of aliphatic imine (C=N–C) groups is 1. The van der Waals surface area contributed by atoms with Gasteiger partial charge in [-0.1, -0.05) is 12.1 Å². The Kier molecular flexibility index (Phi) is 4.70. The van der Waals surface area contributed by atoms with Gasteiger partial charge in [0.1, 0.15) is 10.4 Å². The highest BCUT2D eigenvalue weighted by Crippen LogP contribution is 2.42. The molecule has 5 nitrogen and oxygen atoms in total. The Morgan fingerprint density at radius 3 is 2.56 bits per heavy atom.